The van der Waals surface area contributed by atoms with Gasteiger partial charge < -0.3 is 10.6 Å². The van der Waals surface area contributed by atoms with E-state index in [1.165, 1.54) is 6.33 Å². The first kappa shape index (κ1) is 23.0. The van der Waals surface area contributed by atoms with Gasteiger partial charge in [-0.2, -0.15) is 0 Å². The van der Waals surface area contributed by atoms with Crippen molar-refractivity contribution in [2.75, 3.05) is 10.6 Å². The molecule has 0 unspecified atom stereocenters. The number of anilines is 2. The van der Waals surface area contributed by atoms with Crippen molar-refractivity contribution in [1.82, 2.24) is 19.9 Å². The predicted molar refractivity (Wildman–Crippen MR) is 141 cm³/mol. The summed E-state index contributed by atoms with van der Waals surface area (Å²) in [4.78, 5) is 42.5. The minimum absolute atomic E-state index is 0.00143. The summed E-state index contributed by atoms with van der Waals surface area (Å²) in [5, 5.41) is 5.89. The van der Waals surface area contributed by atoms with Crippen LogP contribution in [0.15, 0.2) is 67.4 Å². The smallest absolute Gasteiger partial charge is 0.255 e. The van der Waals surface area contributed by atoms with E-state index in [9.17, 15) is 9.59 Å². The Morgan fingerprint density at radius 1 is 0.865 bits per heavy atom. The molecule has 2 N–H and O–H groups in total. The van der Waals surface area contributed by atoms with Crippen LogP contribution in [-0.2, 0) is 4.79 Å². The Balaban J connectivity index is 1.24. The zero-order valence-electron chi connectivity index (χ0n) is 20.4. The number of aromatic nitrogens is 4. The molecule has 6 rings (SSSR count). The minimum Gasteiger partial charge on any atom is -0.322 e. The van der Waals surface area contributed by atoms with E-state index in [-0.39, 0.29) is 17.7 Å². The molecule has 8 nitrogen and oxygen atoms in total. The molecule has 0 radical (unpaired) electrons. The standard InChI is InChI=1S/C29H26N6O2/c1-17-2-7-23(34-29(37)20-8-9-31-25(11-20)18-3-4-18)12-24(17)21-10-22(15-30-14-21)26-13-27(33-16-32-26)35-28(36)19-5-6-19/h2,7-16,18-19H,3-6H2,1H3,(H,34,37)(H,32,33,35,36). The molecule has 0 spiro atoms. The van der Waals surface area contributed by atoms with Crippen LogP contribution in [0.3, 0.4) is 0 Å². The lowest BCUT2D eigenvalue weighted by atomic mass is 9.99. The molecule has 1 aromatic carbocycles. The van der Waals surface area contributed by atoms with E-state index in [0.717, 1.165) is 53.6 Å². The van der Waals surface area contributed by atoms with Crippen molar-refractivity contribution in [1.29, 1.82) is 0 Å². The van der Waals surface area contributed by atoms with Gasteiger partial charge in [-0.05, 0) is 74.1 Å². The van der Waals surface area contributed by atoms with Crippen LogP contribution in [0.4, 0.5) is 11.5 Å². The van der Waals surface area contributed by atoms with Gasteiger partial charge in [0.15, 0.2) is 0 Å². The van der Waals surface area contributed by atoms with Crippen LogP contribution in [0.2, 0.25) is 0 Å². The Morgan fingerprint density at radius 2 is 1.70 bits per heavy atom. The number of aryl methyl sites for hydroxylation is 1. The quantitative estimate of drug-likeness (QED) is 0.360. The van der Waals surface area contributed by atoms with E-state index in [2.05, 4.69) is 30.6 Å². The molecule has 2 aliphatic rings. The second-order valence-electron chi connectivity index (χ2n) is 9.74. The molecule has 0 saturated heterocycles. The van der Waals surface area contributed by atoms with E-state index in [1.807, 2.05) is 37.3 Å². The maximum atomic E-state index is 12.9. The van der Waals surface area contributed by atoms with E-state index < -0.39 is 0 Å². The number of hydrogen-bond acceptors (Lipinski definition) is 6. The first-order valence-electron chi connectivity index (χ1n) is 12.5. The van der Waals surface area contributed by atoms with Crippen molar-refractivity contribution < 1.29 is 9.59 Å². The van der Waals surface area contributed by atoms with Crippen molar-refractivity contribution in [3.63, 3.8) is 0 Å². The average molecular weight is 491 g/mol. The number of benzene rings is 1. The van der Waals surface area contributed by atoms with Crippen molar-refractivity contribution >= 4 is 23.3 Å². The van der Waals surface area contributed by atoms with Gasteiger partial charge in [-0.3, -0.25) is 19.6 Å². The highest BCUT2D eigenvalue weighted by Gasteiger charge is 2.30. The normalized spacial score (nSPS) is 14.7. The zero-order valence-corrected chi connectivity index (χ0v) is 20.4. The summed E-state index contributed by atoms with van der Waals surface area (Å²) in [6, 6.07) is 13.2. The third-order valence-electron chi connectivity index (χ3n) is 6.75. The number of nitrogens with zero attached hydrogens (tertiary/aromatic N) is 4. The van der Waals surface area contributed by atoms with Gasteiger partial charge >= 0.3 is 0 Å². The van der Waals surface area contributed by atoms with Gasteiger partial charge in [-0.1, -0.05) is 6.07 Å². The molecule has 2 saturated carbocycles. The van der Waals surface area contributed by atoms with Gasteiger partial charge in [0.2, 0.25) is 5.91 Å². The van der Waals surface area contributed by atoms with Crippen LogP contribution in [0.1, 0.15) is 53.2 Å². The SMILES string of the molecule is Cc1ccc(NC(=O)c2ccnc(C3CC3)c2)cc1-c1cncc(-c2cc(NC(=O)C3CC3)ncn2)c1. The number of carbonyl (C=O) groups is 2. The average Bonchev–Trinajstić information content (AvgIpc) is 3.83. The zero-order chi connectivity index (χ0) is 25.4. The summed E-state index contributed by atoms with van der Waals surface area (Å²) in [6.45, 7) is 2.02. The van der Waals surface area contributed by atoms with Crippen LogP contribution in [-0.4, -0.2) is 31.8 Å². The van der Waals surface area contributed by atoms with Gasteiger partial charge in [0.05, 0.1) is 5.69 Å². The molecule has 2 aliphatic carbocycles. The largest absolute Gasteiger partial charge is 0.322 e. The Labute approximate surface area is 214 Å². The Hall–Kier alpha value is -4.46. The van der Waals surface area contributed by atoms with E-state index >= 15 is 0 Å². The van der Waals surface area contributed by atoms with E-state index in [1.54, 1.807) is 30.7 Å². The third-order valence-corrected chi connectivity index (χ3v) is 6.75. The van der Waals surface area contributed by atoms with Gasteiger partial charge in [0, 0.05) is 64.6 Å². The fourth-order valence-electron chi connectivity index (χ4n) is 4.29. The number of carbonyl (C=O) groups excluding carboxylic acids is 2. The van der Waals surface area contributed by atoms with Crippen molar-refractivity contribution in [2.45, 2.75) is 38.5 Å². The van der Waals surface area contributed by atoms with Crippen LogP contribution >= 0.6 is 0 Å². The molecule has 0 aliphatic heterocycles. The molecule has 3 heterocycles. The summed E-state index contributed by atoms with van der Waals surface area (Å²) in [5.41, 5.74) is 6.67. The second-order valence-corrected chi connectivity index (χ2v) is 9.74. The summed E-state index contributed by atoms with van der Waals surface area (Å²) in [7, 11) is 0. The van der Waals surface area contributed by atoms with Gasteiger partial charge in [0.1, 0.15) is 12.1 Å². The lowest BCUT2D eigenvalue weighted by molar-refractivity contribution is -0.117. The third kappa shape index (κ3) is 5.23. The molecule has 37 heavy (non-hydrogen) atoms. The van der Waals surface area contributed by atoms with Crippen molar-refractivity contribution in [3.05, 3.63) is 84.2 Å². The maximum absolute atomic E-state index is 12.9. The summed E-state index contributed by atoms with van der Waals surface area (Å²) >= 11 is 0. The highest BCUT2D eigenvalue weighted by Crippen LogP contribution is 2.39. The van der Waals surface area contributed by atoms with Crippen molar-refractivity contribution in [2.24, 2.45) is 5.92 Å². The van der Waals surface area contributed by atoms with E-state index in [4.69, 9.17) is 0 Å². The van der Waals surface area contributed by atoms with E-state index in [0.29, 0.717) is 28.7 Å². The lowest BCUT2D eigenvalue weighted by Gasteiger charge is -2.12. The molecular weight excluding hydrogens is 464 g/mol. The van der Waals surface area contributed by atoms with Crippen LogP contribution in [0, 0.1) is 12.8 Å². The topological polar surface area (TPSA) is 110 Å². The van der Waals surface area contributed by atoms with Crippen molar-refractivity contribution in [3.8, 4) is 22.4 Å². The van der Waals surface area contributed by atoms with Crippen LogP contribution < -0.4 is 10.6 Å². The Morgan fingerprint density at radius 3 is 2.51 bits per heavy atom. The molecule has 3 aromatic heterocycles. The molecule has 8 heteroatoms. The van der Waals surface area contributed by atoms with Gasteiger partial charge in [-0.15, -0.1) is 0 Å². The van der Waals surface area contributed by atoms with Crippen LogP contribution in [0.25, 0.3) is 22.4 Å². The Kier molecular flexibility index (Phi) is 5.92. The minimum atomic E-state index is -0.160. The van der Waals surface area contributed by atoms with Crippen LogP contribution in [0.5, 0.6) is 0 Å². The summed E-state index contributed by atoms with van der Waals surface area (Å²) in [6.07, 6.45) is 10.8. The molecule has 184 valence electrons. The van der Waals surface area contributed by atoms with Gasteiger partial charge in [-0.25, -0.2) is 9.97 Å². The van der Waals surface area contributed by atoms with Gasteiger partial charge in [0.25, 0.3) is 5.91 Å². The predicted octanol–water partition coefficient (Wildman–Crippen LogP) is 5.39. The number of pyridine rings is 2. The monoisotopic (exact) mass is 490 g/mol. The number of hydrogen-bond donors (Lipinski definition) is 2. The number of nitrogens with one attached hydrogen (secondary N) is 2. The molecule has 0 atom stereocenters. The highest BCUT2D eigenvalue weighted by molar-refractivity contribution is 6.04. The number of rotatable bonds is 7. The molecule has 2 amide bonds. The number of amides is 2. The maximum Gasteiger partial charge on any atom is 0.255 e. The molecule has 4 aromatic rings. The summed E-state index contributed by atoms with van der Waals surface area (Å²) < 4.78 is 0. The first-order chi connectivity index (χ1) is 18.0. The molecule has 2 fully saturated rings. The molecule has 0 bridgehead atoms. The summed E-state index contributed by atoms with van der Waals surface area (Å²) in [5.74, 6) is 0.903. The fourth-order valence-corrected chi connectivity index (χ4v) is 4.29. The first-order valence-corrected chi connectivity index (χ1v) is 12.5. The second kappa shape index (κ2) is 9.54. The Bertz CT molecular complexity index is 1510. The highest BCUT2D eigenvalue weighted by atomic mass is 16.2. The molecular formula is C29H26N6O2. The fraction of sp³-hybridized carbons (Fsp3) is 0.241. The lowest BCUT2D eigenvalue weighted by Crippen LogP contribution is -2.14.